The lowest BCUT2D eigenvalue weighted by atomic mass is 10.2. The lowest BCUT2D eigenvalue weighted by molar-refractivity contribution is -0.114. The normalized spacial score (nSPS) is 14.5. The van der Waals surface area contributed by atoms with Gasteiger partial charge in [0, 0.05) is 45.3 Å². The maximum Gasteiger partial charge on any atom is 0.229 e. The lowest BCUT2D eigenvalue weighted by Gasteiger charge is -2.33. The molecule has 0 atom stereocenters. The van der Waals surface area contributed by atoms with Gasteiger partial charge in [-0.05, 0) is 30.3 Å². The number of piperazine rings is 1. The largest absolute Gasteiger partial charge is 0.395 e. The number of carbonyl (C=O) groups is 1. The smallest absolute Gasteiger partial charge is 0.229 e. The van der Waals surface area contributed by atoms with E-state index in [1.807, 2.05) is 36.4 Å². The van der Waals surface area contributed by atoms with E-state index in [0.717, 1.165) is 61.8 Å². The molecule has 2 aromatic carbocycles. The van der Waals surface area contributed by atoms with Crippen molar-refractivity contribution in [1.29, 1.82) is 0 Å². The van der Waals surface area contributed by atoms with Crippen molar-refractivity contribution in [3.8, 4) is 0 Å². The fraction of sp³-hybridized carbons (Fsp3) is 0.308. The number of halogens is 1. The van der Waals surface area contributed by atoms with Gasteiger partial charge in [-0.2, -0.15) is 4.98 Å². The number of benzene rings is 2. The number of β-amino-alcohol motifs (C(OH)–C–C–N with tert-alkyl or cyclic N) is 1. The third-order valence-corrected chi connectivity index (χ3v) is 6.55. The summed E-state index contributed by atoms with van der Waals surface area (Å²) in [6, 6.07) is 13.2. The number of hydrogen-bond acceptors (Lipinski definition) is 9. The van der Waals surface area contributed by atoms with Gasteiger partial charge in [-0.15, -0.1) is 0 Å². The second-order valence-electron chi connectivity index (χ2n) is 9.12. The molecule has 1 amide bonds. The number of amides is 1. The number of para-hydroxylation sites is 2. The molecule has 1 aliphatic heterocycles. The van der Waals surface area contributed by atoms with Crippen LogP contribution in [-0.4, -0.2) is 80.1 Å². The van der Waals surface area contributed by atoms with E-state index in [1.54, 1.807) is 6.07 Å². The molecule has 0 unspecified atom stereocenters. The molecule has 0 aliphatic carbocycles. The molecule has 3 heterocycles. The van der Waals surface area contributed by atoms with Crippen molar-refractivity contribution in [1.82, 2.24) is 29.7 Å². The summed E-state index contributed by atoms with van der Waals surface area (Å²) in [5, 5.41) is 18.7. The fourth-order valence-corrected chi connectivity index (χ4v) is 4.54. The van der Waals surface area contributed by atoms with E-state index in [2.05, 4.69) is 40.7 Å². The predicted octanol–water partition coefficient (Wildman–Crippen LogP) is 3.56. The van der Waals surface area contributed by atoms with E-state index < -0.39 is 0 Å². The van der Waals surface area contributed by atoms with Crippen LogP contribution in [0.25, 0.3) is 11.0 Å². The number of aromatic amines is 1. The Labute approximate surface area is 225 Å². The maximum absolute atomic E-state index is 11.6. The van der Waals surface area contributed by atoms with Crippen LogP contribution in [0.2, 0.25) is 5.02 Å². The molecular weight excluding hydrogens is 506 g/mol. The van der Waals surface area contributed by atoms with Crippen LogP contribution in [-0.2, 0) is 11.3 Å². The van der Waals surface area contributed by atoms with Gasteiger partial charge < -0.3 is 26.0 Å². The molecule has 5 N–H and O–H groups in total. The van der Waals surface area contributed by atoms with Crippen molar-refractivity contribution >= 4 is 57.4 Å². The molecule has 0 saturated carbocycles. The average molecular weight is 536 g/mol. The lowest BCUT2D eigenvalue weighted by Crippen LogP contribution is -2.46. The van der Waals surface area contributed by atoms with Crippen molar-refractivity contribution < 1.29 is 9.90 Å². The molecular formula is C26H30ClN9O2. The Morgan fingerprint density at radius 2 is 1.82 bits per heavy atom. The summed E-state index contributed by atoms with van der Waals surface area (Å²) in [5.74, 6) is 1.52. The van der Waals surface area contributed by atoms with Crippen LogP contribution in [0.15, 0.2) is 48.7 Å². The number of H-pyrrole nitrogens is 1. The van der Waals surface area contributed by atoms with Gasteiger partial charge in [0.05, 0.1) is 41.8 Å². The summed E-state index contributed by atoms with van der Waals surface area (Å²) in [4.78, 5) is 33.2. The average Bonchev–Trinajstić information content (AvgIpc) is 3.30. The van der Waals surface area contributed by atoms with E-state index >= 15 is 0 Å². The highest BCUT2D eigenvalue weighted by molar-refractivity contribution is 6.33. The van der Waals surface area contributed by atoms with Crippen LogP contribution in [0.4, 0.5) is 28.8 Å². The number of nitrogens with one attached hydrogen (secondary N) is 4. The maximum atomic E-state index is 11.6. The van der Waals surface area contributed by atoms with Crippen LogP contribution in [0, 0.1) is 0 Å². The summed E-state index contributed by atoms with van der Waals surface area (Å²) >= 11 is 6.36. The Morgan fingerprint density at radius 1 is 1.05 bits per heavy atom. The predicted molar refractivity (Wildman–Crippen MR) is 149 cm³/mol. The zero-order valence-electron chi connectivity index (χ0n) is 21.0. The molecule has 38 heavy (non-hydrogen) atoms. The highest BCUT2D eigenvalue weighted by atomic mass is 35.5. The number of hydrogen-bond donors (Lipinski definition) is 5. The highest BCUT2D eigenvalue weighted by Crippen LogP contribution is 2.29. The van der Waals surface area contributed by atoms with Gasteiger partial charge in [0.25, 0.3) is 0 Å². The number of rotatable bonds is 9. The Morgan fingerprint density at radius 3 is 2.58 bits per heavy atom. The van der Waals surface area contributed by atoms with Crippen LogP contribution in [0.5, 0.6) is 0 Å². The van der Waals surface area contributed by atoms with Crippen LogP contribution < -0.4 is 16.0 Å². The molecule has 0 spiro atoms. The topological polar surface area (TPSA) is 134 Å². The number of aliphatic hydroxyl groups is 1. The quantitative estimate of drug-likeness (QED) is 0.218. The molecule has 5 rings (SSSR count). The summed E-state index contributed by atoms with van der Waals surface area (Å²) in [6.45, 7) is 6.93. The monoisotopic (exact) mass is 535 g/mol. The fourth-order valence-electron chi connectivity index (χ4n) is 4.40. The summed E-state index contributed by atoms with van der Waals surface area (Å²) in [5.41, 5.74) is 3.89. The Bertz CT molecular complexity index is 1420. The standard InChI is InChI=1S/C26H30ClN9O2/c1-17(38)29-20-4-2-3-5-21(20)33-25-19(27)15-28-26(34-25)30-18-6-7-22-23(14-18)32-24(31-22)16-36-10-8-35(9-11-36)12-13-37/h2-7,14-15,37H,8-13,16H2,1H3,(H,29,38)(H,31,32)(H2,28,30,33,34). The van der Waals surface area contributed by atoms with E-state index in [-0.39, 0.29) is 12.5 Å². The SMILES string of the molecule is CC(=O)Nc1ccccc1Nc1nc(Nc2ccc3nc(CN4CCN(CCO)CC4)[nH]c3c2)ncc1Cl. The second kappa shape index (κ2) is 11.7. The second-order valence-corrected chi connectivity index (χ2v) is 9.53. The molecule has 1 aliphatic rings. The minimum Gasteiger partial charge on any atom is -0.395 e. The number of fused-ring (bicyclic) bond motifs is 1. The third kappa shape index (κ3) is 6.37. The van der Waals surface area contributed by atoms with E-state index in [9.17, 15) is 4.79 Å². The Hall–Kier alpha value is -3.77. The minimum absolute atomic E-state index is 0.173. The number of imidazole rings is 1. The first-order valence-corrected chi connectivity index (χ1v) is 12.8. The van der Waals surface area contributed by atoms with Gasteiger partial charge in [-0.25, -0.2) is 9.97 Å². The number of nitrogens with zero attached hydrogens (tertiary/aromatic N) is 5. The van der Waals surface area contributed by atoms with Gasteiger partial charge >= 0.3 is 0 Å². The molecule has 0 radical (unpaired) electrons. The zero-order chi connectivity index (χ0) is 26.5. The zero-order valence-corrected chi connectivity index (χ0v) is 21.8. The van der Waals surface area contributed by atoms with Gasteiger partial charge in [0.15, 0.2) is 5.82 Å². The molecule has 12 heteroatoms. The Kier molecular flexibility index (Phi) is 7.99. The first kappa shape index (κ1) is 25.9. The van der Waals surface area contributed by atoms with Crippen molar-refractivity contribution in [3.63, 3.8) is 0 Å². The molecule has 11 nitrogen and oxygen atoms in total. The van der Waals surface area contributed by atoms with Crippen molar-refractivity contribution in [2.24, 2.45) is 0 Å². The van der Waals surface area contributed by atoms with Crippen molar-refractivity contribution in [2.75, 3.05) is 55.3 Å². The molecule has 1 saturated heterocycles. The van der Waals surface area contributed by atoms with Crippen molar-refractivity contribution in [2.45, 2.75) is 13.5 Å². The van der Waals surface area contributed by atoms with Crippen LogP contribution >= 0.6 is 11.6 Å². The molecule has 1 fully saturated rings. The van der Waals surface area contributed by atoms with Crippen LogP contribution in [0.3, 0.4) is 0 Å². The molecule has 0 bridgehead atoms. The summed E-state index contributed by atoms with van der Waals surface area (Å²) < 4.78 is 0. The van der Waals surface area contributed by atoms with Gasteiger partial charge in [-0.3, -0.25) is 14.6 Å². The first-order valence-electron chi connectivity index (χ1n) is 12.4. The van der Waals surface area contributed by atoms with E-state index in [1.165, 1.54) is 13.1 Å². The first-order chi connectivity index (χ1) is 18.5. The Balaban J connectivity index is 1.27. The van der Waals surface area contributed by atoms with E-state index in [4.69, 9.17) is 21.7 Å². The van der Waals surface area contributed by atoms with Gasteiger partial charge in [0.1, 0.15) is 10.8 Å². The van der Waals surface area contributed by atoms with E-state index in [0.29, 0.717) is 28.2 Å². The summed E-state index contributed by atoms with van der Waals surface area (Å²) in [6.07, 6.45) is 1.52. The minimum atomic E-state index is -0.173. The number of anilines is 5. The molecule has 198 valence electrons. The number of aromatic nitrogens is 4. The third-order valence-electron chi connectivity index (χ3n) is 6.28. The molecule has 2 aromatic heterocycles. The van der Waals surface area contributed by atoms with Crippen LogP contribution in [0.1, 0.15) is 12.7 Å². The number of aliphatic hydroxyl groups excluding tert-OH is 1. The molecule has 4 aromatic rings. The van der Waals surface area contributed by atoms with Gasteiger partial charge in [-0.1, -0.05) is 23.7 Å². The summed E-state index contributed by atoms with van der Waals surface area (Å²) in [7, 11) is 0. The van der Waals surface area contributed by atoms with Gasteiger partial charge in [0.2, 0.25) is 11.9 Å². The number of carbonyl (C=O) groups excluding carboxylic acids is 1. The highest BCUT2D eigenvalue weighted by Gasteiger charge is 2.18. The van der Waals surface area contributed by atoms with Crippen molar-refractivity contribution in [3.05, 3.63) is 59.5 Å².